The van der Waals surface area contributed by atoms with Gasteiger partial charge in [0.25, 0.3) is 0 Å². The summed E-state index contributed by atoms with van der Waals surface area (Å²) in [6.45, 7) is 1.89. The monoisotopic (exact) mass is 306 g/mol. The minimum atomic E-state index is -0.423. The highest BCUT2D eigenvalue weighted by Crippen LogP contribution is 2.22. The van der Waals surface area contributed by atoms with Gasteiger partial charge in [-0.2, -0.15) is 5.10 Å². The van der Waals surface area contributed by atoms with Crippen molar-refractivity contribution in [2.24, 2.45) is 7.05 Å². The number of aryl methyl sites for hydroxylation is 2. The van der Waals surface area contributed by atoms with Gasteiger partial charge in [-0.05, 0) is 24.6 Å². The molecule has 0 saturated heterocycles. The third-order valence-corrected chi connectivity index (χ3v) is 3.32. The average molecular weight is 307 g/mol. The third-order valence-electron chi connectivity index (χ3n) is 3.04. The molecular weight excluding hydrogens is 295 g/mol. The lowest BCUT2D eigenvalue weighted by Crippen LogP contribution is -2.04. The number of rotatable bonds is 3. The Labute approximate surface area is 125 Å². The van der Waals surface area contributed by atoms with Crippen LogP contribution in [-0.4, -0.2) is 19.7 Å². The van der Waals surface area contributed by atoms with Crippen LogP contribution in [0.5, 0.6) is 5.75 Å². The minimum Gasteiger partial charge on any atom is -0.483 e. The van der Waals surface area contributed by atoms with Crippen LogP contribution in [0.25, 0.3) is 11.0 Å². The van der Waals surface area contributed by atoms with Crippen molar-refractivity contribution < 1.29 is 9.13 Å². The number of hydrogen-bond acceptors (Lipinski definition) is 4. The summed E-state index contributed by atoms with van der Waals surface area (Å²) in [5, 5.41) is 5.04. The molecule has 0 unspecified atom stereocenters. The van der Waals surface area contributed by atoms with Crippen LogP contribution in [0.4, 0.5) is 4.39 Å². The second kappa shape index (κ2) is 5.29. The van der Waals surface area contributed by atoms with E-state index in [0.717, 1.165) is 5.56 Å². The molecule has 0 saturated carbocycles. The predicted octanol–water partition coefficient (Wildman–Crippen LogP) is 3.04. The molecule has 3 aromatic rings. The molecule has 7 heteroatoms. The van der Waals surface area contributed by atoms with Crippen molar-refractivity contribution in [2.75, 3.05) is 0 Å². The van der Waals surface area contributed by atoms with Gasteiger partial charge >= 0.3 is 0 Å². The van der Waals surface area contributed by atoms with E-state index >= 15 is 0 Å². The van der Waals surface area contributed by atoms with Gasteiger partial charge in [0.2, 0.25) is 0 Å². The molecule has 108 valence electrons. The van der Waals surface area contributed by atoms with E-state index in [4.69, 9.17) is 16.3 Å². The molecule has 0 aliphatic heterocycles. The molecule has 0 spiro atoms. The third kappa shape index (κ3) is 2.67. The minimum absolute atomic E-state index is 0.0290. The van der Waals surface area contributed by atoms with Crippen molar-refractivity contribution in [1.82, 2.24) is 19.7 Å². The number of ether oxygens (including phenoxy) is 1. The van der Waals surface area contributed by atoms with E-state index in [-0.39, 0.29) is 12.4 Å². The first-order valence-electron chi connectivity index (χ1n) is 6.27. The van der Waals surface area contributed by atoms with Crippen molar-refractivity contribution >= 4 is 22.6 Å². The molecule has 0 amide bonds. The molecule has 0 bridgehead atoms. The van der Waals surface area contributed by atoms with Gasteiger partial charge in [-0.15, -0.1) is 0 Å². The normalized spacial score (nSPS) is 11.0. The molecule has 1 aromatic carbocycles. The Morgan fingerprint density at radius 2 is 2.14 bits per heavy atom. The van der Waals surface area contributed by atoms with Crippen molar-refractivity contribution in [3.8, 4) is 5.75 Å². The van der Waals surface area contributed by atoms with Gasteiger partial charge in [0, 0.05) is 7.05 Å². The Bertz CT molecular complexity index is 818. The predicted molar refractivity (Wildman–Crippen MR) is 76.8 cm³/mol. The van der Waals surface area contributed by atoms with Crippen molar-refractivity contribution in [3.05, 3.63) is 46.8 Å². The molecule has 0 N–H and O–H groups in total. The highest BCUT2D eigenvalue weighted by Gasteiger charge is 2.11. The van der Waals surface area contributed by atoms with Gasteiger partial charge in [-0.3, -0.25) is 4.68 Å². The molecule has 3 rings (SSSR count). The summed E-state index contributed by atoms with van der Waals surface area (Å²) in [6.07, 6.45) is 1.60. The highest BCUT2D eigenvalue weighted by molar-refractivity contribution is 6.33. The maximum Gasteiger partial charge on any atom is 0.170 e. The molecule has 0 aliphatic carbocycles. The fraction of sp³-hybridized carbons (Fsp3) is 0.214. The summed E-state index contributed by atoms with van der Waals surface area (Å²) in [4.78, 5) is 8.46. The van der Waals surface area contributed by atoms with Gasteiger partial charge in [0.05, 0.1) is 11.6 Å². The average Bonchev–Trinajstić information content (AvgIpc) is 2.82. The van der Waals surface area contributed by atoms with Crippen molar-refractivity contribution in [2.45, 2.75) is 13.5 Å². The second-order valence-electron chi connectivity index (χ2n) is 4.66. The Morgan fingerprint density at radius 1 is 1.33 bits per heavy atom. The largest absolute Gasteiger partial charge is 0.483 e. The van der Waals surface area contributed by atoms with Crippen LogP contribution in [0.15, 0.2) is 24.4 Å². The van der Waals surface area contributed by atoms with E-state index in [2.05, 4.69) is 15.1 Å². The number of benzene rings is 1. The van der Waals surface area contributed by atoms with Crippen LogP contribution in [-0.2, 0) is 13.7 Å². The Kier molecular flexibility index (Phi) is 3.47. The van der Waals surface area contributed by atoms with Gasteiger partial charge in [-0.1, -0.05) is 17.7 Å². The molecule has 5 nitrogen and oxygen atoms in total. The molecule has 2 heterocycles. The number of fused-ring (bicyclic) bond motifs is 1. The fourth-order valence-electron chi connectivity index (χ4n) is 1.96. The zero-order chi connectivity index (χ0) is 15.0. The summed E-state index contributed by atoms with van der Waals surface area (Å²) in [5.41, 5.74) is 1.52. The van der Waals surface area contributed by atoms with E-state index in [1.807, 2.05) is 6.92 Å². The van der Waals surface area contributed by atoms with Crippen LogP contribution in [0.3, 0.4) is 0 Å². The standard InChI is InChI=1S/C14H12ClFN4O/c1-8-3-4-10(16)11(5-8)21-7-12-18-13(15)9-6-17-20(2)14(9)19-12/h3-6H,7H2,1-2H3. The fourth-order valence-corrected chi connectivity index (χ4v) is 2.19. The summed E-state index contributed by atoms with van der Waals surface area (Å²) >= 11 is 6.08. The number of aromatic nitrogens is 4. The molecule has 0 fully saturated rings. The summed E-state index contributed by atoms with van der Waals surface area (Å²) in [5.74, 6) is 0.116. The maximum absolute atomic E-state index is 13.6. The van der Waals surface area contributed by atoms with Gasteiger partial charge in [-0.25, -0.2) is 14.4 Å². The zero-order valence-corrected chi connectivity index (χ0v) is 12.2. The Hall–Kier alpha value is -2.21. The topological polar surface area (TPSA) is 52.8 Å². The second-order valence-corrected chi connectivity index (χ2v) is 5.02. The van der Waals surface area contributed by atoms with Crippen LogP contribution in [0.2, 0.25) is 5.15 Å². The summed E-state index contributed by atoms with van der Waals surface area (Å²) in [6, 6.07) is 4.67. The summed E-state index contributed by atoms with van der Waals surface area (Å²) in [7, 11) is 1.76. The maximum atomic E-state index is 13.6. The lowest BCUT2D eigenvalue weighted by molar-refractivity contribution is 0.281. The van der Waals surface area contributed by atoms with Gasteiger partial charge in [0.1, 0.15) is 11.8 Å². The van der Waals surface area contributed by atoms with E-state index in [0.29, 0.717) is 22.0 Å². The quantitative estimate of drug-likeness (QED) is 0.698. The lowest BCUT2D eigenvalue weighted by atomic mass is 10.2. The van der Waals surface area contributed by atoms with Crippen LogP contribution >= 0.6 is 11.6 Å². The zero-order valence-electron chi connectivity index (χ0n) is 11.5. The first-order valence-corrected chi connectivity index (χ1v) is 6.65. The molecule has 0 aliphatic rings. The lowest BCUT2D eigenvalue weighted by Gasteiger charge is -2.08. The van der Waals surface area contributed by atoms with Crippen molar-refractivity contribution in [1.29, 1.82) is 0 Å². The van der Waals surface area contributed by atoms with Gasteiger partial charge in [0.15, 0.2) is 23.0 Å². The Balaban J connectivity index is 1.88. The SMILES string of the molecule is Cc1ccc(F)c(OCc2nc(Cl)c3cnn(C)c3n2)c1. The highest BCUT2D eigenvalue weighted by atomic mass is 35.5. The van der Waals surface area contributed by atoms with E-state index in [1.165, 1.54) is 6.07 Å². The van der Waals surface area contributed by atoms with Crippen LogP contribution in [0.1, 0.15) is 11.4 Å². The molecule has 21 heavy (non-hydrogen) atoms. The Morgan fingerprint density at radius 3 is 2.95 bits per heavy atom. The van der Waals surface area contributed by atoms with Crippen LogP contribution < -0.4 is 4.74 Å². The van der Waals surface area contributed by atoms with Crippen molar-refractivity contribution in [3.63, 3.8) is 0 Å². The van der Waals surface area contributed by atoms with Gasteiger partial charge < -0.3 is 4.74 Å². The first-order chi connectivity index (χ1) is 10.0. The van der Waals surface area contributed by atoms with E-state index < -0.39 is 5.82 Å². The smallest absolute Gasteiger partial charge is 0.170 e. The van der Waals surface area contributed by atoms with Crippen LogP contribution in [0, 0.1) is 12.7 Å². The van der Waals surface area contributed by atoms with E-state index in [9.17, 15) is 4.39 Å². The van der Waals surface area contributed by atoms with E-state index in [1.54, 1.807) is 30.1 Å². The molecule has 0 radical (unpaired) electrons. The number of halogens is 2. The molecule has 0 atom stereocenters. The first kappa shape index (κ1) is 13.8. The molecular formula is C14H12ClFN4O. The summed E-state index contributed by atoms with van der Waals surface area (Å²) < 4.78 is 20.6. The number of hydrogen-bond donors (Lipinski definition) is 0. The number of nitrogens with zero attached hydrogens (tertiary/aromatic N) is 4. The molecule has 2 aromatic heterocycles.